The summed E-state index contributed by atoms with van der Waals surface area (Å²) in [4.78, 5) is 19.0. The van der Waals surface area contributed by atoms with Crippen LogP contribution in [0.4, 0.5) is 0 Å². The Morgan fingerprint density at radius 3 is 3.05 bits per heavy atom. The molecule has 0 radical (unpaired) electrons. The molecule has 1 heterocycles. The number of carbonyl (C=O) groups is 1. The van der Waals surface area contributed by atoms with E-state index in [1.165, 1.54) is 7.11 Å². The van der Waals surface area contributed by atoms with E-state index in [2.05, 4.69) is 15.3 Å². The number of phenolic OH excluding ortho intramolecular Hbond substituents is 1. The molecule has 6 nitrogen and oxygen atoms in total. The van der Waals surface area contributed by atoms with Crippen molar-refractivity contribution in [3.63, 3.8) is 0 Å². The number of aromatic amines is 1. The Balaban J connectivity index is 1.86. The smallest absolute Gasteiger partial charge is 0.255 e. The van der Waals surface area contributed by atoms with Gasteiger partial charge in [0.05, 0.1) is 12.7 Å². The van der Waals surface area contributed by atoms with E-state index in [0.29, 0.717) is 6.54 Å². The third-order valence-corrected chi connectivity index (χ3v) is 2.89. The van der Waals surface area contributed by atoms with E-state index in [1.807, 2.05) is 0 Å². The Labute approximate surface area is 116 Å². The molecule has 0 aliphatic rings. The van der Waals surface area contributed by atoms with Crippen molar-refractivity contribution in [1.82, 2.24) is 15.3 Å². The van der Waals surface area contributed by atoms with Crippen molar-refractivity contribution in [1.29, 1.82) is 0 Å². The number of aromatic nitrogens is 2. The number of carbonyl (C=O) groups excluding carboxylic acids is 1. The SMILES string of the molecule is COc1cccc(C(=O)NCCCc2ncc[nH]2)c1O. The van der Waals surface area contributed by atoms with Gasteiger partial charge in [-0.15, -0.1) is 0 Å². The second-order valence-corrected chi connectivity index (χ2v) is 4.25. The summed E-state index contributed by atoms with van der Waals surface area (Å²) in [7, 11) is 1.44. The molecule has 106 valence electrons. The van der Waals surface area contributed by atoms with Crippen molar-refractivity contribution < 1.29 is 14.6 Å². The average molecular weight is 275 g/mol. The predicted octanol–water partition coefficient (Wildman–Crippen LogP) is 1.49. The summed E-state index contributed by atoms with van der Waals surface area (Å²) in [5.74, 6) is 0.719. The summed E-state index contributed by atoms with van der Waals surface area (Å²) in [6.45, 7) is 0.510. The Morgan fingerprint density at radius 1 is 1.50 bits per heavy atom. The fourth-order valence-corrected chi connectivity index (χ4v) is 1.86. The van der Waals surface area contributed by atoms with E-state index in [9.17, 15) is 9.90 Å². The van der Waals surface area contributed by atoms with Crippen molar-refractivity contribution in [3.05, 3.63) is 42.0 Å². The third kappa shape index (κ3) is 3.28. The van der Waals surface area contributed by atoms with Gasteiger partial charge in [0, 0.05) is 25.4 Å². The van der Waals surface area contributed by atoms with Crippen LogP contribution < -0.4 is 10.1 Å². The molecule has 2 rings (SSSR count). The molecule has 0 aliphatic carbocycles. The number of H-pyrrole nitrogens is 1. The Hall–Kier alpha value is -2.50. The van der Waals surface area contributed by atoms with Crippen LogP contribution in [0.1, 0.15) is 22.6 Å². The van der Waals surface area contributed by atoms with E-state index in [-0.39, 0.29) is 23.0 Å². The van der Waals surface area contributed by atoms with Crippen LogP contribution in [0.5, 0.6) is 11.5 Å². The summed E-state index contributed by atoms with van der Waals surface area (Å²) >= 11 is 0. The van der Waals surface area contributed by atoms with Crippen LogP contribution in [0.25, 0.3) is 0 Å². The predicted molar refractivity (Wildman–Crippen MR) is 73.9 cm³/mol. The lowest BCUT2D eigenvalue weighted by Crippen LogP contribution is -2.25. The lowest BCUT2D eigenvalue weighted by atomic mass is 10.1. The number of methoxy groups -OCH3 is 1. The van der Waals surface area contributed by atoms with Crippen LogP contribution in [-0.2, 0) is 6.42 Å². The summed E-state index contributed by atoms with van der Waals surface area (Å²) in [6, 6.07) is 4.82. The molecule has 0 unspecified atom stereocenters. The molecule has 1 aromatic carbocycles. The largest absolute Gasteiger partial charge is 0.504 e. The topological polar surface area (TPSA) is 87.2 Å². The molecule has 2 aromatic rings. The van der Waals surface area contributed by atoms with Gasteiger partial charge in [-0.3, -0.25) is 4.79 Å². The van der Waals surface area contributed by atoms with E-state index in [0.717, 1.165) is 18.7 Å². The van der Waals surface area contributed by atoms with Gasteiger partial charge in [-0.2, -0.15) is 0 Å². The second-order valence-electron chi connectivity index (χ2n) is 4.25. The van der Waals surface area contributed by atoms with E-state index >= 15 is 0 Å². The summed E-state index contributed by atoms with van der Waals surface area (Å²) in [6.07, 6.45) is 4.99. The Morgan fingerprint density at radius 2 is 2.35 bits per heavy atom. The molecular weight excluding hydrogens is 258 g/mol. The normalized spacial score (nSPS) is 10.2. The zero-order valence-electron chi connectivity index (χ0n) is 11.2. The molecule has 0 saturated heterocycles. The lowest BCUT2D eigenvalue weighted by Gasteiger charge is -2.09. The number of hydrogen-bond acceptors (Lipinski definition) is 4. The van der Waals surface area contributed by atoms with Crippen LogP contribution in [-0.4, -0.2) is 34.6 Å². The number of nitrogens with zero attached hydrogens (tertiary/aromatic N) is 1. The summed E-state index contributed by atoms with van der Waals surface area (Å²) < 4.78 is 4.97. The van der Waals surface area contributed by atoms with Crippen molar-refractivity contribution in [2.24, 2.45) is 0 Å². The Kier molecular flexibility index (Phi) is 4.60. The van der Waals surface area contributed by atoms with Gasteiger partial charge in [-0.25, -0.2) is 4.98 Å². The minimum atomic E-state index is -0.319. The maximum Gasteiger partial charge on any atom is 0.255 e. The molecule has 0 bridgehead atoms. The van der Waals surface area contributed by atoms with Gasteiger partial charge < -0.3 is 20.1 Å². The number of para-hydroxylation sites is 1. The molecule has 0 saturated carbocycles. The highest BCUT2D eigenvalue weighted by Crippen LogP contribution is 2.29. The van der Waals surface area contributed by atoms with Gasteiger partial charge in [0.25, 0.3) is 5.91 Å². The first-order chi connectivity index (χ1) is 9.72. The van der Waals surface area contributed by atoms with Crippen LogP contribution in [0, 0.1) is 0 Å². The Bertz CT molecular complexity index is 567. The maximum absolute atomic E-state index is 11.9. The second kappa shape index (κ2) is 6.60. The molecule has 3 N–H and O–H groups in total. The number of hydrogen-bond donors (Lipinski definition) is 3. The number of benzene rings is 1. The molecule has 0 aliphatic heterocycles. The molecule has 6 heteroatoms. The van der Waals surface area contributed by atoms with Crippen molar-refractivity contribution in [2.75, 3.05) is 13.7 Å². The molecule has 0 spiro atoms. The van der Waals surface area contributed by atoms with Crippen LogP contribution in [0.2, 0.25) is 0 Å². The summed E-state index contributed by atoms with van der Waals surface area (Å²) in [5, 5.41) is 12.6. The van der Waals surface area contributed by atoms with Gasteiger partial charge >= 0.3 is 0 Å². The number of amides is 1. The highest BCUT2D eigenvalue weighted by Gasteiger charge is 2.13. The first-order valence-corrected chi connectivity index (χ1v) is 6.35. The highest BCUT2D eigenvalue weighted by molar-refractivity contribution is 5.97. The van der Waals surface area contributed by atoms with Crippen LogP contribution in [0.15, 0.2) is 30.6 Å². The number of phenols is 1. The zero-order chi connectivity index (χ0) is 14.4. The summed E-state index contributed by atoms with van der Waals surface area (Å²) in [5.41, 5.74) is 0.211. The number of imidazole rings is 1. The fraction of sp³-hybridized carbons (Fsp3) is 0.286. The monoisotopic (exact) mass is 275 g/mol. The van der Waals surface area contributed by atoms with E-state index < -0.39 is 0 Å². The van der Waals surface area contributed by atoms with Gasteiger partial charge in [0.2, 0.25) is 0 Å². The molecule has 0 atom stereocenters. The first kappa shape index (κ1) is 13.9. The zero-order valence-corrected chi connectivity index (χ0v) is 11.2. The minimum absolute atomic E-state index is 0.140. The molecule has 20 heavy (non-hydrogen) atoms. The van der Waals surface area contributed by atoms with Crippen LogP contribution in [0.3, 0.4) is 0 Å². The van der Waals surface area contributed by atoms with Crippen molar-refractivity contribution in [2.45, 2.75) is 12.8 Å². The lowest BCUT2D eigenvalue weighted by molar-refractivity contribution is 0.0950. The van der Waals surface area contributed by atoms with Gasteiger partial charge in [0.15, 0.2) is 11.5 Å². The van der Waals surface area contributed by atoms with E-state index in [1.54, 1.807) is 30.6 Å². The number of aryl methyl sites for hydroxylation is 1. The fourth-order valence-electron chi connectivity index (χ4n) is 1.86. The number of ether oxygens (including phenoxy) is 1. The van der Waals surface area contributed by atoms with Crippen molar-refractivity contribution >= 4 is 5.91 Å². The first-order valence-electron chi connectivity index (χ1n) is 6.35. The quantitative estimate of drug-likeness (QED) is 0.697. The molecule has 0 fully saturated rings. The number of aromatic hydroxyl groups is 1. The molecule has 1 aromatic heterocycles. The van der Waals surface area contributed by atoms with Gasteiger partial charge in [0.1, 0.15) is 5.82 Å². The molecular formula is C14H17N3O3. The van der Waals surface area contributed by atoms with Gasteiger partial charge in [-0.1, -0.05) is 6.07 Å². The standard InChI is InChI=1S/C14H17N3O3/c1-20-11-5-2-4-10(13(11)18)14(19)17-7-3-6-12-15-8-9-16-12/h2,4-5,8-9,18H,3,6-7H2,1H3,(H,15,16)(H,17,19). The van der Waals surface area contributed by atoms with Gasteiger partial charge in [-0.05, 0) is 18.6 Å². The van der Waals surface area contributed by atoms with E-state index in [4.69, 9.17) is 4.74 Å². The third-order valence-electron chi connectivity index (χ3n) is 2.89. The number of rotatable bonds is 6. The van der Waals surface area contributed by atoms with Crippen molar-refractivity contribution in [3.8, 4) is 11.5 Å². The van der Waals surface area contributed by atoms with Crippen LogP contribution >= 0.6 is 0 Å². The minimum Gasteiger partial charge on any atom is -0.504 e. The number of nitrogens with one attached hydrogen (secondary N) is 2. The average Bonchev–Trinajstić information content (AvgIpc) is 2.97. The molecule has 1 amide bonds. The highest BCUT2D eigenvalue weighted by atomic mass is 16.5. The maximum atomic E-state index is 11.9.